The summed E-state index contributed by atoms with van der Waals surface area (Å²) in [6.07, 6.45) is 0.989. The van der Waals surface area contributed by atoms with E-state index in [2.05, 4.69) is 5.32 Å². The molecule has 0 aliphatic carbocycles. The molecule has 3 N–H and O–H groups in total. The van der Waals surface area contributed by atoms with Crippen molar-refractivity contribution in [2.45, 2.75) is 18.9 Å². The zero-order valence-electron chi connectivity index (χ0n) is 14.3. The first-order valence-electron chi connectivity index (χ1n) is 8.42. The lowest BCUT2D eigenvalue weighted by Crippen LogP contribution is -2.46. The highest BCUT2D eigenvalue weighted by Gasteiger charge is 2.27. The van der Waals surface area contributed by atoms with E-state index >= 15 is 0 Å². The van der Waals surface area contributed by atoms with E-state index in [1.807, 2.05) is 0 Å². The molecular formula is C19H18ClFN2O4. The molecule has 3 rings (SSSR count). The molecule has 1 heterocycles. The van der Waals surface area contributed by atoms with Crippen LogP contribution in [0.15, 0.2) is 36.4 Å². The highest BCUT2D eigenvalue weighted by molar-refractivity contribution is 6.33. The average molecular weight is 393 g/mol. The molecule has 0 atom stereocenters. The molecule has 0 radical (unpaired) electrons. The van der Waals surface area contributed by atoms with E-state index < -0.39 is 17.6 Å². The van der Waals surface area contributed by atoms with Crippen molar-refractivity contribution in [3.8, 4) is 11.5 Å². The summed E-state index contributed by atoms with van der Waals surface area (Å²) in [5, 5.41) is 21.8. The summed E-state index contributed by atoms with van der Waals surface area (Å²) in [5.41, 5.74) is 0.000956. The van der Waals surface area contributed by atoms with Crippen LogP contribution in [0.2, 0.25) is 5.02 Å². The van der Waals surface area contributed by atoms with Gasteiger partial charge in [-0.2, -0.15) is 0 Å². The molecule has 1 saturated heterocycles. The first kappa shape index (κ1) is 19.0. The van der Waals surface area contributed by atoms with E-state index in [1.54, 1.807) is 0 Å². The highest BCUT2D eigenvalue weighted by atomic mass is 35.5. The van der Waals surface area contributed by atoms with Crippen molar-refractivity contribution in [1.82, 2.24) is 10.2 Å². The van der Waals surface area contributed by atoms with Crippen LogP contribution in [0.1, 0.15) is 33.6 Å². The molecule has 0 bridgehead atoms. The Balaban J connectivity index is 1.60. The fourth-order valence-corrected chi connectivity index (χ4v) is 3.33. The van der Waals surface area contributed by atoms with Gasteiger partial charge < -0.3 is 20.4 Å². The summed E-state index contributed by atoms with van der Waals surface area (Å²) in [6, 6.07) is 7.57. The van der Waals surface area contributed by atoms with Crippen molar-refractivity contribution in [1.29, 1.82) is 0 Å². The Hall–Kier alpha value is -2.80. The maximum atomic E-state index is 13.9. The Morgan fingerprint density at radius 3 is 2.33 bits per heavy atom. The van der Waals surface area contributed by atoms with Crippen molar-refractivity contribution >= 4 is 23.4 Å². The number of nitrogens with zero attached hydrogens (tertiary/aromatic N) is 1. The zero-order valence-corrected chi connectivity index (χ0v) is 15.0. The number of carbonyl (C=O) groups excluding carboxylic acids is 2. The number of amides is 2. The molecule has 0 spiro atoms. The van der Waals surface area contributed by atoms with Crippen LogP contribution < -0.4 is 5.32 Å². The van der Waals surface area contributed by atoms with Gasteiger partial charge in [0.25, 0.3) is 11.8 Å². The van der Waals surface area contributed by atoms with Gasteiger partial charge >= 0.3 is 0 Å². The SMILES string of the molecule is O=C(NC1CCN(C(=O)c2c(F)cccc2Cl)CC1)c1cc(O)cc(O)c1. The predicted octanol–water partition coefficient (Wildman–Crippen LogP) is 2.92. The topological polar surface area (TPSA) is 89.9 Å². The lowest BCUT2D eigenvalue weighted by Gasteiger charge is -2.32. The van der Waals surface area contributed by atoms with Gasteiger partial charge in [-0.15, -0.1) is 0 Å². The number of nitrogens with one attached hydrogen (secondary N) is 1. The number of halogens is 2. The summed E-state index contributed by atoms with van der Waals surface area (Å²) in [5.74, 6) is -1.97. The first-order chi connectivity index (χ1) is 12.8. The molecule has 1 aliphatic rings. The number of phenolic OH excluding ortho intramolecular Hbond substituents is 2. The maximum Gasteiger partial charge on any atom is 0.258 e. The number of hydrogen-bond donors (Lipinski definition) is 3. The molecule has 27 heavy (non-hydrogen) atoms. The van der Waals surface area contributed by atoms with E-state index in [1.165, 1.54) is 35.2 Å². The normalized spacial score (nSPS) is 14.8. The van der Waals surface area contributed by atoms with E-state index in [4.69, 9.17) is 11.6 Å². The molecule has 2 aromatic carbocycles. The Labute approximate surface area is 160 Å². The molecule has 2 amide bonds. The van der Waals surface area contributed by atoms with E-state index in [-0.39, 0.29) is 33.7 Å². The standard InChI is InChI=1S/C19H18ClFN2O4/c20-15-2-1-3-16(21)17(15)19(27)23-6-4-12(5-7-23)22-18(26)11-8-13(24)10-14(25)9-11/h1-3,8-10,12,24-25H,4-7H2,(H,22,26). The van der Waals surface area contributed by atoms with E-state index in [0.717, 1.165) is 6.07 Å². The van der Waals surface area contributed by atoms with Crippen LogP contribution in [0, 0.1) is 5.82 Å². The summed E-state index contributed by atoms with van der Waals surface area (Å²) in [4.78, 5) is 26.3. The monoisotopic (exact) mass is 392 g/mol. The molecule has 8 heteroatoms. The molecule has 0 unspecified atom stereocenters. The summed E-state index contributed by atoms with van der Waals surface area (Å²) >= 11 is 5.95. The van der Waals surface area contributed by atoms with Crippen LogP contribution in [0.4, 0.5) is 4.39 Å². The molecule has 0 saturated carbocycles. The number of likely N-dealkylation sites (tertiary alicyclic amines) is 1. The Morgan fingerprint density at radius 2 is 1.74 bits per heavy atom. The Kier molecular flexibility index (Phi) is 5.51. The van der Waals surface area contributed by atoms with Crippen molar-refractivity contribution in [2.75, 3.05) is 13.1 Å². The van der Waals surface area contributed by atoms with Gasteiger partial charge in [0, 0.05) is 30.8 Å². The number of hydrogen-bond acceptors (Lipinski definition) is 4. The van der Waals surface area contributed by atoms with Gasteiger partial charge in [-0.3, -0.25) is 9.59 Å². The zero-order chi connectivity index (χ0) is 19.6. The van der Waals surface area contributed by atoms with Crippen LogP contribution in [0.5, 0.6) is 11.5 Å². The molecule has 0 aromatic heterocycles. The molecular weight excluding hydrogens is 375 g/mol. The average Bonchev–Trinajstić information content (AvgIpc) is 2.61. The van der Waals surface area contributed by atoms with Crippen LogP contribution in [0.3, 0.4) is 0 Å². The number of rotatable bonds is 3. The molecule has 1 fully saturated rings. The quantitative estimate of drug-likeness (QED) is 0.749. The lowest BCUT2D eigenvalue weighted by molar-refractivity contribution is 0.0693. The minimum atomic E-state index is -0.661. The van der Waals surface area contributed by atoms with Gasteiger partial charge in [-0.1, -0.05) is 17.7 Å². The first-order valence-corrected chi connectivity index (χ1v) is 8.80. The predicted molar refractivity (Wildman–Crippen MR) is 97.6 cm³/mol. The number of benzene rings is 2. The second-order valence-corrected chi connectivity index (χ2v) is 6.78. The van der Waals surface area contributed by atoms with Crippen LogP contribution in [-0.2, 0) is 0 Å². The maximum absolute atomic E-state index is 13.9. The third kappa shape index (κ3) is 4.31. The number of carbonyl (C=O) groups is 2. The minimum absolute atomic E-state index is 0.0686. The number of piperidine rings is 1. The van der Waals surface area contributed by atoms with Gasteiger partial charge in [-0.05, 0) is 37.1 Å². The lowest BCUT2D eigenvalue weighted by atomic mass is 10.0. The summed E-state index contributed by atoms with van der Waals surface area (Å²) < 4.78 is 13.9. The van der Waals surface area contributed by atoms with Gasteiger partial charge in [0.15, 0.2) is 0 Å². The fourth-order valence-electron chi connectivity index (χ4n) is 3.08. The molecule has 142 valence electrons. The highest BCUT2D eigenvalue weighted by Crippen LogP contribution is 2.24. The minimum Gasteiger partial charge on any atom is -0.508 e. The Morgan fingerprint density at radius 1 is 1.11 bits per heavy atom. The second kappa shape index (κ2) is 7.84. The van der Waals surface area contributed by atoms with Crippen molar-refractivity contribution in [2.24, 2.45) is 0 Å². The third-order valence-electron chi connectivity index (χ3n) is 4.46. The Bertz CT molecular complexity index is 842. The van der Waals surface area contributed by atoms with Crippen molar-refractivity contribution in [3.63, 3.8) is 0 Å². The smallest absolute Gasteiger partial charge is 0.258 e. The summed E-state index contributed by atoms with van der Waals surface area (Å²) in [6.45, 7) is 0.694. The largest absolute Gasteiger partial charge is 0.508 e. The van der Waals surface area contributed by atoms with Gasteiger partial charge in [-0.25, -0.2) is 4.39 Å². The van der Waals surface area contributed by atoms with Crippen LogP contribution in [-0.4, -0.2) is 46.1 Å². The fraction of sp³-hybridized carbons (Fsp3) is 0.263. The van der Waals surface area contributed by atoms with Crippen LogP contribution >= 0.6 is 11.6 Å². The molecule has 1 aliphatic heterocycles. The van der Waals surface area contributed by atoms with E-state index in [9.17, 15) is 24.2 Å². The second-order valence-electron chi connectivity index (χ2n) is 6.37. The molecule has 2 aromatic rings. The van der Waals surface area contributed by atoms with Crippen molar-refractivity contribution in [3.05, 3.63) is 58.4 Å². The van der Waals surface area contributed by atoms with Gasteiger partial charge in [0.05, 0.1) is 10.6 Å². The number of aromatic hydroxyl groups is 2. The van der Waals surface area contributed by atoms with Gasteiger partial charge in [0.1, 0.15) is 17.3 Å². The summed E-state index contributed by atoms with van der Waals surface area (Å²) in [7, 11) is 0. The van der Waals surface area contributed by atoms with Gasteiger partial charge in [0.2, 0.25) is 0 Å². The molecule has 6 nitrogen and oxygen atoms in total. The van der Waals surface area contributed by atoms with Crippen LogP contribution in [0.25, 0.3) is 0 Å². The number of phenols is 2. The van der Waals surface area contributed by atoms with Crippen molar-refractivity contribution < 1.29 is 24.2 Å². The van der Waals surface area contributed by atoms with E-state index in [0.29, 0.717) is 25.9 Å². The third-order valence-corrected chi connectivity index (χ3v) is 4.77.